The minimum Gasteiger partial charge on any atom is -0.168 e. The molecule has 0 aromatic heterocycles. The van der Waals surface area contributed by atoms with Crippen LogP contribution in [-0.4, -0.2) is 18.2 Å². The Hall–Kier alpha value is 1.33. The minimum atomic E-state index is -0.620. The summed E-state index contributed by atoms with van der Waals surface area (Å²) in [6.07, 6.45) is 0. The molecule has 2 aromatic rings. The Morgan fingerprint density at radius 1 is 1.19 bits per heavy atom. The smallest absolute Gasteiger partial charge is 0.0809 e. The monoisotopic (exact) mass is 640 g/mol. The maximum absolute atomic E-state index is 8.12. The van der Waals surface area contributed by atoms with Crippen molar-refractivity contribution in [3.8, 4) is 0 Å². The number of halogens is 2. The number of rotatable bonds is 0. The van der Waals surface area contributed by atoms with Crippen molar-refractivity contribution in [2.75, 3.05) is 13.3 Å². The summed E-state index contributed by atoms with van der Waals surface area (Å²) in [4.78, 5) is 8.12. The molecular weight excluding hydrogens is 625 g/mol. The second kappa shape index (κ2) is 11.4. The number of fused-ring (bicyclic) bond motifs is 1. The zero-order valence-corrected chi connectivity index (χ0v) is 16.6. The van der Waals surface area contributed by atoms with E-state index in [9.17, 15) is 0 Å². The second-order valence-corrected chi connectivity index (χ2v) is 22.2. The van der Waals surface area contributed by atoms with E-state index >= 15 is 0 Å². The summed E-state index contributed by atoms with van der Waals surface area (Å²) in [5.41, 5.74) is 0. The largest absolute Gasteiger partial charge is 0.168 e. The van der Waals surface area contributed by atoms with Gasteiger partial charge in [-0.25, -0.2) is 0 Å². The van der Waals surface area contributed by atoms with Gasteiger partial charge in [-0.15, -0.1) is 29.7 Å². The fourth-order valence-electron chi connectivity index (χ4n) is 1.07. The van der Waals surface area contributed by atoms with Crippen LogP contribution in [0, 0.1) is 0 Å². The second-order valence-electron chi connectivity index (χ2n) is 3.05. The van der Waals surface area contributed by atoms with Crippen LogP contribution in [0.3, 0.4) is 0 Å². The van der Waals surface area contributed by atoms with Gasteiger partial charge in [-0.3, -0.25) is 0 Å². The van der Waals surface area contributed by atoms with Crippen LogP contribution >= 0.6 is 47.3 Å². The molecule has 0 saturated heterocycles. The van der Waals surface area contributed by atoms with Crippen LogP contribution in [0.1, 0.15) is 0 Å². The van der Waals surface area contributed by atoms with Gasteiger partial charge in [0.05, 0.1) is 0 Å². The first kappa shape index (κ1) is 17.3. The summed E-state index contributed by atoms with van der Waals surface area (Å²) >= 11 is 4.80. The van der Waals surface area contributed by atoms with Gasteiger partial charge in [-0.05, 0) is 13.3 Å². The molecule has 0 amide bonds. The number of hydrogen-bond acceptors (Lipinski definition) is 1. The molecule has 0 spiro atoms. The predicted molar refractivity (Wildman–Crippen MR) is 88.6 cm³/mol. The summed E-state index contributed by atoms with van der Waals surface area (Å²) in [7, 11) is -0.180. The van der Waals surface area contributed by atoms with E-state index in [4.69, 9.17) is 4.89 Å². The van der Waals surface area contributed by atoms with Crippen LogP contribution in [0.15, 0.2) is 42.5 Å². The van der Waals surface area contributed by atoms with Crippen LogP contribution < -0.4 is 0 Å². The molecule has 0 fully saturated rings. The molecule has 0 unspecified atom stereocenters. The summed E-state index contributed by atoms with van der Waals surface area (Å²) in [6, 6.07) is 14.7. The van der Waals surface area contributed by atoms with E-state index in [1.807, 2.05) is 0 Å². The third-order valence-electron chi connectivity index (χ3n) is 1.55. The average molecular weight is 639 g/mol. The zero-order chi connectivity index (χ0) is 12.4. The summed E-state index contributed by atoms with van der Waals surface area (Å²) in [5, 5.41) is 2.66. The molecule has 92 valence electrons. The third-order valence-corrected chi connectivity index (χ3v) is 1.55. The van der Waals surface area contributed by atoms with Crippen molar-refractivity contribution in [1.82, 2.24) is 0 Å². The van der Waals surface area contributed by atoms with Gasteiger partial charge in [-0.1, -0.05) is 6.07 Å². The first-order valence-corrected chi connectivity index (χ1v) is 20.2. The maximum Gasteiger partial charge on any atom is -0.0809 e. The van der Waals surface area contributed by atoms with Gasteiger partial charge in [0.2, 0.25) is 0 Å². The van der Waals surface area contributed by atoms with Gasteiger partial charge >= 0.3 is 49.7 Å². The molecule has 0 aliphatic rings. The van der Waals surface area contributed by atoms with Crippen molar-refractivity contribution in [3.05, 3.63) is 42.5 Å². The van der Waals surface area contributed by atoms with Gasteiger partial charge in [0, 0.05) is 8.15 Å². The van der Waals surface area contributed by atoms with E-state index in [1.54, 1.807) is 13.3 Å². The molecule has 5 heteroatoms. The van der Waals surface area contributed by atoms with Crippen LogP contribution in [-0.2, 0) is 10.5 Å². The van der Waals surface area contributed by atoms with Crippen molar-refractivity contribution in [2.45, 2.75) is 0 Å². The molecule has 1 N–H and O–H groups in total. The average Bonchev–Trinajstić information content (AvgIpc) is 2.65. The third kappa shape index (κ3) is 9.37. The topological polar surface area (TPSA) is 20.2 Å². The molecule has 0 aliphatic heterocycles. The Morgan fingerprint density at radius 2 is 1.69 bits per heavy atom. The van der Waals surface area contributed by atoms with E-state index < -0.39 is 8.15 Å². The van der Waals surface area contributed by atoms with Crippen molar-refractivity contribution in [3.63, 3.8) is 0 Å². The predicted octanol–water partition coefficient (Wildman–Crippen LogP) is 4.96. The van der Waals surface area contributed by atoms with Gasteiger partial charge in [0.1, 0.15) is 0 Å². The minimum absolute atomic E-state index is 0.440. The Morgan fingerprint density at radius 3 is 2.19 bits per heavy atom. The van der Waals surface area contributed by atoms with Crippen LogP contribution in [0.25, 0.3) is 10.8 Å². The van der Waals surface area contributed by atoms with Crippen LogP contribution in [0.4, 0.5) is 0 Å². The van der Waals surface area contributed by atoms with Crippen molar-refractivity contribution in [1.29, 1.82) is 0 Å². The van der Waals surface area contributed by atoms with Gasteiger partial charge in [0.15, 0.2) is 0 Å². The molecule has 0 saturated carbocycles. The van der Waals surface area contributed by atoms with E-state index in [0.717, 1.165) is 0 Å². The quantitative estimate of drug-likeness (QED) is 0.246. The Labute approximate surface area is 128 Å². The van der Waals surface area contributed by atoms with E-state index in [0.29, 0.717) is 10.5 Å². The summed E-state index contributed by atoms with van der Waals surface area (Å²) < 4.78 is 0. The van der Waals surface area contributed by atoms with Crippen molar-refractivity contribution < 1.29 is 15.4 Å². The zero-order valence-electron chi connectivity index (χ0n) is 9.03. The molecule has 0 atom stereocenters. The fourth-order valence-corrected chi connectivity index (χ4v) is 1.07. The molecule has 0 aliphatic carbocycles. The molecule has 0 bridgehead atoms. The van der Waals surface area contributed by atoms with E-state index in [-0.39, 0.29) is 0 Å². The normalized spacial score (nSPS) is 9.38. The van der Waals surface area contributed by atoms with Gasteiger partial charge < -0.3 is 4.89 Å². The maximum atomic E-state index is 8.12. The van der Waals surface area contributed by atoms with E-state index in [1.165, 1.54) is 10.8 Å². The molecule has 0 heterocycles. The molecule has 2 aromatic carbocycles. The molecular formula is C11H14I2IrOP. The SMILES string of the molecule is CP(C)O.[I][Ir+][I].c1ccc2[cH-]ccc2c1. The van der Waals surface area contributed by atoms with Gasteiger partial charge in [-0.2, -0.15) is 17.5 Å². The summed E-state index contributed by atoms with van der Waals surface area (Å²) in [6.45, 7) is 3.57. The fraction of sp³-hybridized carbons (Fsp3) is 0.182. The summed E-state index contributed by atoms with van der Waals surface area (Å²) in [5.74, 6) is 0. The molecule has 16 heavy (non-hydrogen) atoms. The van der Waals surface area contributed by atoms with Crippen LogP contribution in [0.2, 0.25) is 0 Å². The van der Waals surface area contributed by atoms with Gasteiger partial charge in [0.25, 0.3) is 0 Å². The molecule has 0 radical (unpaired) electrons. The Kier molecular flexibility index (Phi) is 12.4. The Bertz CT molecular complexity index is 346. The molecule has 2 rings (SSSR count). The standard InChI is InChI=1S/C9H7.C2H7OP.2HI.Ir/c1-2-5-9-7-3-6-8(9)4-1;1-4(2)3;;;/h1-7H;3H,1-2H3;2*1H;/q-1;;;;+3/p-2. The first-order valence-electron chi connectivity index (χ1n) is 4.42. The van der Waals surface area contributed by atoms with E-state index in [2.05, 4.69) is 81.7 Å². The Balaban J connectivity index is 0.000000275. The number of benzene rings is 1. The molecule has 1 nitrogen and oxygen atoms in total. The first-order chi connectivity index (χ1) is 7.61. The van der Waals surface area contributed by atoms with Crippen molar-refractivity contribution >= 4 is 58.1 Å². The van der Waals surface area contributed by atoms with Crippen molar-refractivity contribution in [2.24, 2.45) is 0 Å². The van der Waals surface area contributed by atoms with Crippen LogP contribution in [0.5, 0.6) is 0 Å². The number of hydrogen-bond donors (Lipinski definition) is 1.